The van der Waals surface area contributed by atoms with Crippen LogP contribution in [0.15, 0.2) is 0 Å². The fraction of sp³-hybridized carbons (Fsp3) is 0.783. The van der Waals surface area contributed by atoms with Gasteiger partial charge in [-0.15, -0.1) is 12.4 Å². The first-order valence-electron chi connectivity index (χ1n) is 11.7. The van der Waals surface area contributed by atoms with Crippen molar-refractivity contribution >= 4 is 24.2 Å². The van der Waals surface area contributed by atoms with Crippen LogP contribution in [0, 0.1) is 19.8 Å². The van der Waals surface area contributed by atoms with Gasteiger partial charge in [0, 0.05) is 36.9 Å². The number of H-pyrrole nitrogens is 1. The maximum atomic E-state index is 13.4. The number of aromatic amines is 1. The number of aryl methyl sites for hydroxylation is 2. The third-order valence-electron chi connectivity index (χ3n) is 7.29. The number of halogens is 1. The van der Waals surface area contributed by atoms with E-state index >= 15 is 0 Å². The van der Waals surface area contributed by atoms with Crippen LogP contribution in [0.25, 0.3) is 0 Å². The summed E-state index contributed by atoms with van der Waals surface area (Å²) in [5, 5.41) is 20.8. The third kappa shape index (κ3) is 4.68. The molecule has 8 nitrogen and oxygen atoms in total. The monoisotopic (exact) mass is 469 g/mol. The van der Waals surface area contributed by atoms with Crippen LogP contribution in [0.1, 0.15) is 76.4 Å². The Labute approximate surface area is 197 Å². The molecule has 1 aromatic rings. The van der Waals surface area contributed by atoms with Gasteiger partial charge < -0.3 is 15.3 Å². The van der Waals surface area contributed by atoms with Gasteiger partial charge in [0.2, 0.25) is 11.8 Å². The van der Waals surface area contributed by atoms with Gasteiger partial charge in [-0.3, -0.25) is 19.6 Å². The van der Waals surface area contributed by atoms with Crippen LogP contribution in [-0.2, 0) is 9.59 Å². The molecule has 2 fully saturated rings. The van der Waals surface area contributed by atoms with Gasteiger partial charge >= 0.3 is 0 Å². The Morgan fingerprint density at radius 3 is 2.31 bits per heavy atom. The summed E-state index contributed by atoms with van der Waals surface area (Å²) in [5.74, 6) is -0.367. The molecule has 0 aliphatic carbocycles. The normalized spacial score (nSPS) is 23.2. The molecule has 0 aromatic carbocycles. The number of nitrogens with one attached hydrogen (secondary N) is 2. The van der Waals surface area contributed by atoms with Gasteiger partial charge in [0.15, 0.2) is 0 Å². The number of carbonyl (C=O) groups excluding carboxylic acids is 2. The molecule has 9 heteroatoms. The van der Waals surface area contributed by atoms with Crippen molar-refractivity contribution in [2.24, 2.45) is 5.92 Å². The SMILES string of the molecule is CCCCN1C(=O)[C@@H]([C@H](O)C(C)C)NC(=O)C12CCN(C(C)c1c(C)n[nH]c1C)CC2.Cl. The van der Waals surface area contributed by atoms with Crippen LogP contribution in [0.5, 0.6) is 0 Å². The molecular weight excluding hydrogens is 430 g/mol. The van der Waals surface area contributed by atoms with Gasteiger partial charge in [0.1, 0.15) is 11.6 Å². The second-order valence-electron chi connectivity index (χ2n) is 9.62. The Balaban J connectivity index is 0.00000363. The van der Waals surface area contributed by atoms with Crippen LogP contribution in [0.2, 0.25) is 0 Å². The molecule has 3 N–H and O–H groups in total. The zero-order valence-electron chi connectivity index (χ0n) is 20.3. The average Bonchev–Trinajstić information content (AvgIpc) is 3.08. The highest BCUT2D eigenvalue weighted by Gasteiger charge is 2.55. The Bertz CT molecular complexity index is 784. The minimum absolute atomic E-state index is 0. The van der Waals surface area contributed by atoms with Gasteiger partial charge in [-0.1, -0.05) is 27.2 Å². The molecule has 0 saturated carbocycles. The zero-order chi connectivity index (χ0) is 22.9. The number of aliphatic hydroxyl groups is 1. The van der Waals surface area contributed by atoms with Crippen LogP contribution in [0.3, 0.4) is 0 Å². The summed E-state index contributed by atoms with van der Waals surface area (Å²) in [7, 11) is 0. The van der Waals surface area contributed by atoms with Gasteiger partial charge in [-0.2, -0.15) is 5.10 Å². The number of carbonyl (C=O) groups is 2. The topological polar surface area (TPSA) is 102 Å². The first-order valence-corrected chi connectivity index (χ1v) is 11.7. The number of unbranched alkanes of at least 4 members (excludes halogenated alkanes) is 1. The molecule has 3 heterocycles. The standard InChI is InChI=1S/C23H39N5O3.ClH/c1-7-8-11-28-21(30)19(20(29)14(2)3)24-22(31)23(28)9-12-27(13-10-23)17(6)18-15(4)25-26-16(18)5;/h14,17,19-20,29H,7-13H2,1-6H3,(H,24,31)(H,25,26);1H/t17?,19-,20-;/m1./s1. The number of aromatic nitrogens is 2. The van der Waals surface area contributed by atoms with E-state index in [1.807, 2.05) is 27.7 Å². The summed E-state index contributed by atoms with van der Waals surface area (Å²) in [6.07, 6.45) is 2.10. The quantitative estimate of drug-likeness (QED) is 0.569. The van der Waals surface area contributed by atoms with Crippen LogP contribution in [0.4, 0.5) is 0 Å². The third-order valence-corrected chi connectivity index (χ3v) is 7.29. The predicted octanol–water partition coefficient (Wildman–Crippen LogP) is 2.49. The Morgan fingerprint density at radius 2 is 1.81 bits per heavy atom. The van der Waals surface area contributed by atoms with E-state index in [1.165, 1.54) is 5.56 Å². The summed E-state index contributed by atoms with van der Waals surface area (Å²) in [4.78, 5) is 31.0. The van der Waals surface area contributed by atoms with E-state index < -0.39 is 17.7 Å². The maximum absolute atomic E-state index is 13.4. The van der Waals surface area contributed by atoms with Crippen molar-refractivity contribution in [1.82, 2.24) is 25.3 Å². The summed E-state index contributed by atoms with van der Waals surface area (Å²) in [6.45, 7) is 14.1. The van der Waals surface area contributed by atoms with Crippen LogP contribution < -0.4 is 5.32 Å². The fourth-order valence-electron chi connectivity index (χ4n) is 5.23. The van der Waals surface area contributed by atoms with Crippen molar-refractivity contribution in [2.75, 3.05) is 19.6 Å². The number of amides is 2. The van der Waals surface area contributed by atoms with Gasteiger partial charge in [-0.25, -0.2) is 0 Å². The van der Waals surface area contributed by atoms with Crippen molar-refractivity contribution in [2.45, 2.75) is 91.0 Å². The largest absolute Gasteiger partial charge is 0.390 e. The molecule has 2 aliphatic rings. The van der Waals surface area contributed by atoms with Gasteiger partial charge in [-0.05, 0) is 46.0 Å². The number of piperazine rings is 1. The number of rotatable bonds is 7. The van der Waals surface area contributed by atoms with Crippen molar-refractivity contribution < 1.29 is 14.7 Å². The highest BCUT2D eigenvalue weighted by atomic mass is 35.5. The van der Waals surface area contributed by atoms with E-state index in [0.29, 0.717) is 19.4 Å². The minimum Gasteiger partial charge on any atom is -0.390 e. The summed E-state index contributed by atoms with van der Waals surface area (Å²) in [6, 6.07) is -0.666. The highest BCUT2D eigenvalue weighted by molar-refractivity contribution is 6.00. The van der Waals surface area contributed by atoms with Crippen molar-refractivity contribution in [3.8, 4) is 0 Å². The molecule has 32 heavy (non-hydrogen) atoms. The van der Waals surface area contributed by atoms with Gasteiger partial charge in [0.25, 0.3) is 0 Å². The number of likely N-dealkylation sites (tertiary alicyclic amines) is 1. The lowest BCUT2D eigenvalue weighted by molar-refractivity contribution is -0.165. The highest BCUT2D eigenvalue weighted by Crippen LogP contribution is 2.37. The molecule has 3 atom stereocenters. The zero-order valence-corrected chi connectivity index (χ0v) is 21.1. The van der Waals surface area contributed by atoms with E-state index in [4.69, 9.17) is 0 Å². The smallest absolute Gasteiger partial charge is 0.248 e. The molecule has 1 aromatic heterocycles. The van der Waals surface area contributed by atoms with Crippen molar-refractivity contribution in [1.29, 1.82) is 0 Å². The Kier molecular flexibility index (Phi) is 8.76. The van der Waals surface area contributed by atoms with Crippen LogP contribution in [-0.4, -0.2) is 74.2 Å². The van der Waals surface area contributed by atoms with E-state index in [9.17, 15) is 14.7 Å². The molecule has 2 amide bonds. The first-order chi connectivity index (χ1) is 14.6. The number of nitrogens with zero attached hydrogens (tertiary/aromatic N) is 3. The molecule has 182 valence electrons. The second kappa shape index (κ2) is 10.5. The number of aliphatic hydroxyl groups excluding tert-OH is 1. The Morgan fingerprint density at radius 1 is 1.19 bits per heavy atom. The molecule has 1 spiro atoms. The van der Waals surface area contributed by atoms with E-state index in [1.54, 1.807) is 4.90 Å². The molecule has 2 saturated heterocycles. The van der Waals surface area contributed by atoms with Crippen molar-refractivity contribution in [3.63, 3.8) is 0 Å². The molecule has 0 bridgehead atoms. The minimum atomic E-state index is -0.884. The van der Waals surface area contributed by atoms with Gasteiger partial charge in [0.05, 0.1) is 11.8 Å². The second-order valence-corrected chi connectivity index (χ2v) is 9.62. The predicted molar refractivity (Wildman–Crippen MR) is 127 cm³/mol. The molecule has 2 aliphatic heterocycles. The first kappa shape index (κ1) is 26.6. The van der Waals surface area contributed by atoms with E-state index in [2.05, 4.69) is 34.3 Å². The summed E-state index contributed by atoms with van der Waals surface area (Å²) in [5.41, 5.74) is 2.47. The lowest BCUT2D eigenvalue weighted by Crippen LogP contribution is -2.75. The van der Waals surface area contributed by atoms with E-state index in [0.717, 1.165) is 37.3 Å². The summed E-state index contributed by atoms with van der Waals surface area (Å²) >= 11 is 0. The van der Waals surface area contributed by atoms with Crippen molar-refractivity contribution in [3.05, 3.63) is 17.0 Å². The number of piperidine rings is 1. The average molecular weight is 470 g/mol. The fourth-order valence-corrected chi connectivity index (χ4v) is 5.23. The maximum Gasteiger partial charge on any atom is 0.248 e. The molecular formula is C23H40ClN5O3. The number of hydrogen-bond acceptors (Lipinski definition) is 5. The lowest BCUT2D eigenvalue weighted by atomic mass is 9.79. The molecule has 1 unspecified atom stereocenters. The van der Waals surface area contributed by atoms with Crippen LogP contribution >= 0.6 is 12.4 Å². The Hall–Kier alpha value is -1.64. The molecule has 3 rings (SSSR count). The number of hydrogen-bond donors (Lipinski definition) is 3. The lowest BCUT2D eigenvalue weighted by Gasteiger charge is -2.53. The molecule has 0 radical (unpaired) electrons. The summed E-state index contributed by atoms with van der Waals surface area (Å²) < 4.78 is 0. The van der Waals surface area contributed by atoms with E-state index in [-0.39, 0.29) is 36.2 Å².